The maximum absolute atomic E-state index is 13.6. The average molecular weight is 493 g/mol. The Morgan fingerprint density at radius 3 is 2.83 bits per heavy atom. The smallest absolute Gasteiger partial charge is 0.407 e. The highest BCUT2D eigenvalue weighted by Gasteiger charge is 2.54. The largest absolute Gasteiger partial charge is 0.462 e. The third-order valence-electron chi connectivity index (χ3n) is 8.18. The van der Waals surface area contributed by atoms with Gasteiger partial charge in [-0.3, -0.25) is 9.78 Å². The number of fused-ring (bicyclic) bond motifs is 2. The molecule has 7 heteroatoms. The molecule has 0 bridgehead atoms. The van der Waals surface area contributed by atoms with Crippen molar-refractivity contribution in [3.8, 4) is 11.1 Å². The number of aromatic nitrogens is 1. The van der Waals surface area contributed by atoms with Crippen molar-refractivity contribution in [2.75, 3.05) is 6.61 Å². The number of cyclic esters (lactones) is 1. The Hall–Kier alpha value is -3.22. The molecule has 2 aliphatic carbocycles. The van der Waals surface area contributed by atoms with Crippen molar-refractivity contribution in [3.05, 3.63) is 60.2 Å². The maximum Gasteiger partial charge on any atom is 0.407 e. The number of halogens is 1. The summed E-state index contributed by atoms with van der Waals surface area (Å²) >= 11 is 0. The summed E-state index contributed by atoms with van der Waals surface area (Å²) in [6.07, 6.45) is 9.07. The number of ether oxygens (including phenoxy) is 2. The Labute approximate surface area is 211 Å². The second-order valence-corrected chi connectivity index (χ2v) is 10.3. The molecule has 5 rings (SSSR count). The summed E-state index contributed by atoms with van der Waals surface area (Å²) in [5.74, 6) is 0.629. The standard InChI is InChI=1S/C29H33FN2O4/c1-3-35-29(34)32-23-10-11-24-20(14-23)15-26-27(17(2)36-28(26)33)25(24)12-9-22-8-7-19(16-31-22)18-5-4-6-21(30)13-18/h4-9,12-13,16-17,20,23-27H,3,10-11,14-15H2,1-2H3,(H,32,34)/b12-9+/t17-,20-,23-,24-,25-,26-,27-/m0/s1. The predicted molar refractivity (Wildman–Crippen MR) is 134 cm³/mol. The number of pyridine rings is 1. The number of nitrogens with one attached hydrogen (secondary N) is 1. The van der Waals surface area contributed by atoms with Gasteiger partial charge in [0.1, 0.15) is 11.9 Å². The van der Waals surface area contributed by atoms with Gasteiger partial charge in [0.25, 0.3) is 0 Å². The highest BCUT2D eigenvalue weighted by Crippen LogP contribution is 2.53. The van der Waals surface area contributed by atoms with Crippen LogP contribution in [0.4, 0.5) is 9.18 Å². The molecule has 1 aliphatic heterocycles. The van der Waals surface area contributed by atoms with Gasteiger partial charge in [0, 0.05) is 23.7 Å². The van der Waals surface area contributed by atoms with E-state index < -0.39 is 0 Å². The Balaban J connectivity index is 1.34. The summed E-state index contributed by atoms with van der Waals surface area (Å²) in [4.78, 5) is 29.2. The van der Waals surface area contributed by atoms with Crippen molar-refractivity contribution in [3.63, 3.8) is 0 Å². The Kier molecular flexibility index (Phi) is 7.08. The second kappa shape index (κ2) is 10.4. The van der Waals surface area contributed by atoms with Crippen LogP contribution in [0.3, 0.4) is 0 Å². The molecule has 2 aromatic rings. The molecule has 1 saturated heterocycles. The van der Waals surface area contributed by atoms with Gasteiger partial charge in [-0.05, 0) is 87.1 Å². The number of alkyl carbamates (subject to hydrolysis) is 1. The second-order valence-electron chi connectivity index (χ2n) is 10.3. The van der Waals surface area contributed by atoms with E-state index in [9.17, 15) is 14.0 Å². The van der Waals surface area contributed by atoms with E-state index in [1.165, 1.54) is 12.1 Å². The van der Waals surface area contributed by atoms with Gasteiger partial charge in [-0.25, -0.2) is 9.18 Å². The fourth-order valence-electron chi connectivity index (χ4n) is 6.64. The third-order valence-corrected chi connectivity index (χ3v) is 8.18. The molecule has 2 saturated carbocycles. The van der Waals surface area contributed by atoms with Crippen molar-refractivity contribution in [1.29, 1.82) is 0 Å². The van der Waals surface area contributed by atoms with Crippen LogP contribution in [0, 0.1) is 35.4 Å². The molecule has 1 N–H and O–H groups in total. The van der Waals surface area contributed by atoms with Crippen LogP contribution >= 0.6 is 0 Å². The molecule has 2 heterocycles. The number of carbonyl (C=O) groups is 2. The number of carbonyl (C=O) groups excluding carboxylic acids is 2. The molecule has 3 aliphatic rings. The van der Waals surface area contributed by atoms with Gasteiger partial charge in [0.05, 0.1) is 18.2 Å². The lowest BCUT2D eigenvalue weighted by molar-refractivity contribution is -0.144. The Bertz CT molecular complexity index is 1130. The number of benzene rings is 1. The van der Waals surface area contributed by atoms with Crippen molar-refractivity contribution in [2.24, 2.45) is 29.6 Å². The first kappa shape index (κ1) is 24.5. The Morgan fingerprint density at radius 2 is 2.08 bits per heavy atom. The first-order chi connectivity index (χ1) is 17.4. The molecule has 1 aromatic heterocycles. The maximum atomic E-state index is 13.6. The van der Waals surface area contributed by atoms with E-state index in [1.807, 2.05) is 31.2 Å². The minimum absolute atomic E-state index is 0.0679. The molecule has 0 radical (unpaired) electrons. The quantitative estimate of drug-likeness (QED) is 0.548. The van der Waals surface area contributed by atoms with Crippen LogP contribution in [0.15, 0.2) is 48.7 Å². The van der Waals surface area contributed by atoms with Crippen LogP contribution < -0.4 is 5.32 Å². The highest BCUT2D eigenvalue weighted by atomic mass is 19.1. The molecule has 1 aromatic carbocycles. The van der Waals surface area contributed by atoms with Crippen molar-refractivity contribution in [2.45, 2.75) is 51.7 Å². The van der Waals surface area contributed by atoms with Gasteiger partial charge in [0.15, 0.2) is 0 Å². The summed E-state index contributed by atoms with van der Waals surface area (Å²) in [5, 5.41) is 3.00. The van der Waals surface area contributed by atoms with Crippen LogP contribution in [0.5, 0.6) is 0 Å². The molecule has 0 spiro atoms. The zero-order valence-corrected chi connectivity index (χ0v) is 20.7. The number of amides is 1. The van der Waals surface area contributed by atoms with Gasteiger partial charge in [0.2, 0.25) is 0 Å². The lowest BCUT2D eigenvalue weighted by atomic mass is 9.57. The SMILES string of the molecule is CCOC(=O)N[C@H]1CC[C@H]2[C@@H](C1)C[C@@H]1C(=O)O[C@@H](C)[C@H]1[C@H]2/C=C/c1ccc(-c2cccc(F)c2)cn1. The fraction of sp³-hybridized carbons (Fsp3) is 0.483. The van der Waals surface area contributed by atoms with Crippen molar-refractivity contribution < 1.29 is 23.5 Å². The Morgan fingerprint density at radius 1 is 1.22 bits per heavy atom. The molecule has 7 atom stereocenters. The highest BCUT2D eigenvalue weighted by molar-refractivity contribution is 5.75. The minimum atomic E-state index is -0.368. The molecule has 190 valence electrons. The monoisotopic (exact) mass is 492 g/mol. The van der Waals surface area contributed by atoms with E-state index in [-0.39, 0.29) is 47.8 Å². The average Bonchev–Trinajstić information content (AvgIpc) is 3.15. The molecular formula is C29H33FN2O4. The summed E-state index contributed by atoms with van der Waals surface area (Å²) in [7, 11) is 0. The number of hydrogen-bond acceptors (Lipinski definition) is 5. The van der Waals surface area contributed by atoms with Gasteiger partial charge in [-0.2, -0.15) is 0 Å². The van der Waals surface area contributed by atoms with Crippen LogP contribution in [-0.2, 0) is 14.3 Å². The van der Waals surface area contributed by atoms with Crippen LogP contribution in [0.1, 0.15) is 45.2 Å². The van der Waals surface area contributed by atoms with Gasteiger partial charge < -0.3 is 14.8 Å². The number of esters is 1. The summed E-state index contributed by atoms with van der Waals surface area (Å²) in [6.45, 7) is 4.15. The zero-order chi connectivity index (χ0) is 25.2. The molecule has 0 unspecified atom stereocenters. The summed E-state index contributed by atoms with van der Waals surface area (Å²) < 4.78 is 24.3. The molecule has 6 nitrogen and oxygen atoms in total. The first-order valence-corrected chi connectivity index (χ1v) is 13.0. The molecular weight excluding hydrogens is 459 g/mol. The van der Waals surface area contributed by atoms with E-state index >= 15 is 0 Å². The van der Waals surface area contributed by atoms with E-state index in [1.54, 1.807) is 19.2 Å². The topological polar surface area (TPSA) is 77.5 Å². The van der Waals surface area contributed by atoms with E-state index in [0.29, 0.717) is 18.4 Å². The normalized spacial score (nSPS) is 31.4. The van der Waals surface area contributed by atoms with Crippen LogP contribution in [-0.4, -0.2) is 35.8 Å². The number of hydrogen-bond donors (Lipinski definition) is 1. The lowest BCUT2D eigenvalue weighted by Crippen LogP contribution is -2.48. The lowest BCUT2D eigenvalue weighted by Gasteiger charge is -2.47. The molecule has 36 heavy (non-hydrogen) atoms. The molecule has 1 amide bonds. The summed E-state index contributed by atoms with van der Waals surface area (Å²) in [5.41, 5.74) is 2.48. The number of allylic oxidation sites excluding steroid dienone is 1. The van der Waals surface area contributed by atoms with Gasteiger partial charge in [-0.1, -0.05) is 24.3 Å². The zero-order valence-electron chi connectivity index (χ0n) is 20.7. The van der Waals surface area contributed by atoms with Gasteiger partial charge >= 0.3 is 12.1 Å². The predicted octanol–water partition coefficient (Wildman–Crippen LogP) is 5.63. The van der Waals surface area contributed by atoms with Crippen LogP contribution in [0.25, 0.3) is 17.2 Å². The first-order valence-electron chi connectivity index (χ1n) is 13.0. The minimum Gasteiger partial charge on any atom is -0.462 e. The van der Waals surface area contributed by atoms with E-state index in [2.05, 4.69) is 16.4 Å². The third kappa shape index (κ3) is 5.01. The molecule has 3 fully saturated rings. The fourth-order valence-corrected chi connectivity index (χ4v) is 6.64. The van der Waals surface area contributed by atoms with Gasteiger partial charge in [-0.15, -0.1) is 0 Å². The van der Waals surface area contributed by atoms with E-state index in [0.717, 1.165) is 42.5 Å². The van der Waals surface area contributed by atoms with Crippen molar-refractivity contribution in [1.82, 2.24) is 10.3 Å². The van der Waals surface area contributed by atoms with Crippen molar-refractivity contribution >= 4 is 18.1 Å². The number of rotatable bonds is 5. The number of nitrogens with zero attached hydrogens (tertiary/aromatic N) is 1. The summed E-state index contributed by atoms with van der Waals surface area (Å²) in [6, 6.07) is 10.4. The van der Waals surface area contributed by atoms with E-state index in [4.69, 9.17) is 9.47 Å². The van der Waals surface area contributed by atoms with Crippen LogP contribution in [0.2, 0.25) is 0 Å².